The molecule has 1 aliphatic heterocycles. The Labute approximate surface area is 176 Å². The van der Waals surface area contributed by atoms with Crippen LogP contribution in [0.15, 0.2) is 15.4 Å². The van der Waals surface area contributed by atoms with E-state index in [1.54, 1.807) is 0 Å². The lowest BCUT2D eigenvalue weighted by Crippen LogP contribution is -2.58. The Bertz CT molecular complexity index is 1060. The predicted molar refractivity (Wildman–Crippen MR) is 107 cm³/mol. The predicted octanol–water partition coefficient (Wildman–Crippen LogP) is 1.92. The fraction of sp³-hybridized carbons (Fsp3) is 0.714. The Morgan fingerprint density at radius 2 is 1.87 bits per heavy atom. The minimum Gasteiger partial charge on any atom is -0.373 e. The van der Waals surface area contributed by atoms with Gasteiger partial charge in [-0.05, 0) is 49.5 Å². The van der Waals surface area contributed by atoms with Gasteiger partial charge in [0.1, 0.15) is 17.5 Å². The lowest BCUT2D eigenvalue weighted by atomic mass is 9.74. The van der Waals surface area contributed by atoms with Gasteiger partial charge < -0.3 is 15.5 Å². The summed E-state index contributed by atoms with van der Waals surface area (Å²) in [6, 6.07) is -1.28. The van der Waals surface area contributed by atoms with Gasteiger partial charge in [-0.15, -0.1) is 0 Å². The molecule has 0 bridgehead atoms. The van der Waals surface area contributed by atoms with Crippen LogP contribution in [0.3, 0.4) is 0 Å². The van der Waals surface area contributed by atoms with Crippen LogP contribution in [0.1, 0.15) is 50.0 Å². The largest absolute Gasteiger partial charge is 0.373 e. The molecule has 10 heteroatoms. The zero-order valence-corrected chi connectivity index (χ0v) is 17.5. The quantitative estimate of drug-likeness (QED) is 0.666. The van der Waals surface area contributed by atoms with Crippen molar-refractivity contribution in [2.24, 2.45) is 23.5 Å². The number of likely N-dealkylation sites (tertiary alicyclic amines) is 1. The Hall–Kier alpha value is -1.91. The highest BCUT2D eigenvalue weighted by Crippen LogP contribution is 2.60. The van der Waals surface area contributed by atoms with Crippen LogP contribution in [0.5, 0.6) is 0 Å². The molecule has 0 aromatic carbocycles. The van der Waals surface area contributed by atoms with Gasteiger partial charge in [-0.1, -0.05) is 0 Å². The molecule has 3 fully saturated rings. The number of nitrogens with two attached hydrogens (primary N) is 1. The van der Waals surface area contributed by atoms with Crippen molar-refractivity contribution < 1.29 is 17.9 Å². The number of aromatic nitrogens is 2. The number of halogens is 3. The van der Waals surface area contributed by atoms with Gasteiger partial charge in [-0.3, -0.25) is 14.7 Å². The van der Waals surface area contributed by atoms with E-state index in [-0.39, 0.29) is 41.6 Å². The molecule has 3 aliphatic carbocycles. The first-order valence-corrected chi connectivity index (χ1v) is 10.8. The second-order valence-corrected chi connectivity index (χ2v) is 9.51. The molecule has 0 amide bonds. The summed E-state index contributed by atoms with van der Waals surface area (Å²) in [5.41, 5.74) is 3.81. The first-order chi connectivity index (χ1) is 14.6. The molecular weight excluding hydrogens is 413 g/mol. The Kier molecular flexibility index (Phi) is 4.59. The maximum atomic E-state index is 16.3. The number of H-pyrrole nitrogens is 2. The van der Waals surface area contributed by atoms with Gasteiger partial charge in [-0.2, -0.15) is 0 Å². The van der Waals surface area contributed by atoms with Crippen molar-refractivity contribution in [2.75, 3.05) is 20.2 Å². The highest BCUT2D eigenvalue weighted by atomic mass is 19.3. The minimum atomic E-state index is -2.94. The summed E-state index contributed by atoms with van der Waals surface area (Å²) in [5.74, 6) is -4.04. The molecule has 170 valence electrons. The van der Waals surface area contributed by atoms with Crippen molar-refractivity contribution in [3.05, 3.63) is 37.9 Å². The van der Waals surface area contributed by atoms with Crippen molar-refractivity contribution >= 4 is 5.57 Å². The summed E-state index contributed by atoms with van der Waals surface area (Å²) in [4.78, 5) is 31.3. The summed E-state index contributed by atoms with van der Waals surface area (Å²) >= 11 is 0. The fourth-order valence-corrected chi connectivity index (χ4v) is 6.36. The smallest absolute Gasteiger partial charge is 0.326 e. The third-order valence-electron chi connectivity index (χ3n) is 7.94. The third kappa shape index (κ3) is 2.77. The molecule has 0 radical (unpaired) electrons. The van der Waals surface area contributed by atoms with Gasteiger partial charge in [0.05, 0.1) is 17.3 Å². The van der Waals surface area contributed by atoms with E-state index in [1.165, 1.54) is 14.0 Å². The normalized spacial score (nSPS) is 37.6. The number of rotatable bonds is 3. The number of alkyl halides is 2. The standard InChI is InChI=1S/C21H27F3N4O3/c1-9-13-14(26-19(30)27-18(13)29)17(31-2)21(15(9)22,11-3-4-11)28-7-10-5-6-20(23,24)16(25)12(10)8-28/h10-12,16-17H,3-8,25H2,1-2H3,(H2,26,27,29,30). The molecule has 2 heterocycles. The summed E-state index contributed by atoms with van der Waals surface area (Å²) in [5, 5.41) is 0. The zero-order valence-electron chi connectivity index (χ0n) is 17.5. The number of fused-ring (bicyclic) bond motifs is 2. The number of nitrogens with zero attached hydrogens (tertiary/aromatic N) is 1. The first-order valence-electron chi connectivity index (χ1n) is 10.8. The van der Waals surface area contributed by atoms with E-state index in [0.717, 1.165) is 12.8 Å². The van der Waals surface area contributed by atoms with Gasteiger partial charge in [0.15, 0.2) is 0 Å². The number of methoxy groups -OCH3 is 1. The van der Waals surface area contributed by atoms with E-state index < -0.39 is 46.6 Å². The molecule has 1 aromatic heterocycles. The minimum absolute atomic E-state index is 0.0597. The van der Waals surface area contributed by atoms with Crippen LogP contribution in [-0.4, -0.2) is 52.6 Å². The molecule has 4 aliphatic rings. The Morgan fingerprint density at radius 3 is 2.52 bits per heavy atom. The summed E-state index contributed by atoms with van der Waals surface area (Å²) in [7, 11) is 1.42. The van der Waals surface area contributed by atoms with Crippen LogP contribution in [0, 0.1) is 17.8 Å². The van der Waals surface area contributed by atoms with Crippen molar-refractivity contribution in [1.82, 2.24) is 14.9 Å². The molecule has 1 saturated heterocycles. The number of ether oxygens (including phenoxy) is 1. The van der Waals surface area contributed by atoms with E-state index in [1.807, 2.05) is 4.90 Å². The van der Waals surface area contributed by atoms with E-state index >= 15 is 4.39 Å². The van der Waals surface area contributed by atoms with E-state index in [0.29, 0.717) is 13.0 Å². The van der Waals surface area contributed by atoms with E-state index in [9.17, 15) is 18.4 Å². The lowest BCUT2D eigenvalue weighted by Gasteiger charge is -2.49. The van der Waals surface area contributed by atoms with Crippen LogP contribution in [0.4, 0.5) is 13.2 Å². The molecule has 4 N–H and O–H groups in total. The van der Waals surface area contributed by atoms with E-state index in [2.05, 4.69) is 9.97 Å². The molecule has 0 spiro atoms. The van der Waals surface area contributed by atoms with Gasteiger partial charge in [0.2, 0.25) is 0 Å². The summed E-state index contributed by atoms with van der Waals surface area (Å²) < 4.78 is 50.7. The number of hydrogen-bond donors (Lipinski definition) is 3. The van der Waals surface area contributed by atoms with Gasteiger partial charge in [0.25, 0.3) is 11.5 Å². The monoisotopic (exact) mass is 440 g/mol. The topological polar surface area (TPSA) is 104 Å². The number of hydrogen-bond acceptors (Lipinski definition) is 5. The molecule has 5 rings (SSSR count). The van der Waals surface area contributed by atoms with Gasteiger partial charge >= 0.3 is 5.69 Å². The second kappa shape index (κ2) is 6.79. The molecule has 1 aromatic rings. The summed E-state index contributed by atoms with van der Waals surface area (Å²) in [6.07, 6.45) is 0.619. The number of allylic oxidation sites excluding steroid dienone is 1. The van der Waals surface area contributed by atoms with Crippen molar-refractivity contribution in [3.63, 3.8) is 0 Å². The summed E-state index contributed by atoms with van der Waals surface area (Å²) in [6.45, 7) is 2.17. The first kappa shape index (κ1) is 21.0. The van der Waals surface area contributed by atoms with Gasteiger partial charge in [0, 0.05) is 26.6 Å². The Balaban J connectivity index is 1.66. The lowest BCUT2D eigenvalue weighted by molar-refractivity contribution is -0.0810. The van der Waals surface area contributed by atoms with Gasteiger partial charge in [-0.25, -0.2) is 18.0 Å². The van der Waals surface area contributed by atoms with Crippen LogP contribution in [-0.2, 0) is 4.74 Å². The fourth-order valence-electron chi connectivity index (χ4n) is 6.36. The number of aromatic amines is 2. The molecule has 31 heavy (non-hydrogen) atoms. The van der Waals surface area contributed by atoms with E-state index in [4.69, 9.17) is 10.5 Å². The molecule has 5 atom stereocenters. The van der Waals surface area contributed by atoms with Crippen LogP contribution < -0.4 is 17.0 Å². The van der Waals surface area contributed by atoms with Crippen molar-refractivity contribution in [1.29, 1.82) is 0 Å². The van der Waals surface area contributed by atoms with Crippen molar-refractivity contribution in [2.45, 2.75) is 56.2 Å². The average Bonchev–Trinajstić information content (AvgIpc) is 3.46. The zero-order chi connectivity index (χ0) is 22.3. The SMILES string of the molecule is COC1c2[nH]c(=O)[nH]c(=O)c2C(C)=C(F)C1(C1CC1)N1CC2CCC(F)(F)C(N)C2C1. The number of nitrogens with one attached hydrogen (secondary N) is 2. The van der Waals surface area contributed by atoms with Crippen LogP contribution in [0.25, 0.3) is 5.57 Å². The molecule has 2 saturated carbocycles. The third-order valence-corrected chi connectivity index (χ3v) is 7.94. The molecule has 5 unspecified atom stereocenters. The Morgan fingerprint density at radius 1 is 1.16 bits per heavy atom. The maximum Gasteiger partial charge on any atom is 0.326 e. The molecule has 7 nitrogen and oxygen atoms in total. The highest BCUT2D eigenvalue weighted by molar-refractivity contribution is 5.72. The average molecular weight is 440 g/mol. The van der Waals surface area contributed by atoms with Crippen LogP contribution in [0.2, 0.25) is 0 Å². The maximum absolute atomic E-state index is 16.3. The van der Waals surface area contributed by atoms with Crippen molar-refractivity contribution in [3.8, 4) is 0 Å². The second-order valence-electron chi connectivity index (χ2n) is 9.51. The highest BCUT2D eigenvalue weighted by Gasteiger charge is 2.64. The van der Waals surface area contributed by atoms with Crippen LogP contribution >= 0.6 is 0 Å². The molecular formula is C21H27F3N4O3.